The van der Waals surface area contributed by atoms with Crippen LogP contribution in [-0.2, 0) is 4.79 Å². The van der Waals surface area contributed by atoms with Crippen LogP contribution >= 0.6 is 0 Å². The summed E-state index contributed by atoms with van der Waals surface area (Å²) in [5.74, 6) is 0.00947. The molecule has 1 heterocycles. The number of furan rings is 1. The van der Waals surface area contributed by atoms with Crippen molar-refractivity contribution in [3.8, 4) is 0 Å². The van der Waals surface area contributed by atoms with Crippen molar-refractivity contribution < 1.29 is 19.1 Å². The van der Waals surface area contributed by atoms with Gasteiger partial charge in [-0.2, -0.15) is 0 Å². The van der Waals surface area contributed by atoms with Gasteiger partial charge < -0.3 is 14.8 Å². The lowest BCUT2D eigenvalue weighted by atomic mass is 10.1. The third-order valence-corrected chi connectivity index (χ3v) is 3.40. The Morgan fingerprint density at radius 1 is 1.39 bits per heavy atom. The van der Waals surface area contributed by atoms with E-state index < -0.39 is 5.97 Å². The number of hydrogen-bond acceptors (Lipinski definition) is 3. The summed E-state index contributed by atoms with van der Waals surface area (Å²) in [6, 6.07) is 1.65. The number of aryl methyl sites for hydroxylation is 2. The number of amides is 1. The highest BCUT2D eigenvalue weighted by atomic mass is 16.4. The molecule has 5 heteroatoms. The first-order valence-electron chi connectivity index (χ1n) is 6.08. The van der Waals surface area contributed by atoms with Crippen LogP contribution in [0.4, 0.5) is 0 Å². The van der Waals surface area contributed by atoms with Gasteiger partial charge in [-0.15, -0.1) is 0 Å². The topological polar surface area (TPSA) is 79.5 Å². The Bertz CT molecular complexity index is 477. The molecule has 1 saturated carbocycles. The molecule has 0 bridgehead atoms. The van der Waals surface area contributed by atoms with Gasteiger partial charge in [-0.25, -0.2) is 0 Å². The minimum Gasteiger partial charge on any atom is -0.481 e. The van der Waals surface area contributed by atoms with E-state index in [0.717, 1.165) is 6.42 Å². The standard InChI is InChI=1S/C13H17NO4/c1-7-5-11(8(2)18-7)12(15)14-10-4-3-9(6-10)13(16)17/h5,9-10H,3-4,6H2,1-2H3,(H,14,15)(H,16,17)/t9-,10+/m1/s1. The lowest BCUT2D eigenvalue weighted by Crippen LogP contribution is -2.33. The molecule has 18 heavy (non-hydrogen) atoms. The molecule has 5 nitrogen and oxygen atoms in total. The van der Waals surface area contributed by atoms with E-state index in [1.807, 2.05) is 0 Å². The number of rotatable bonds is 3. The van der Waals surface area contributed by atoms with Crippen LogP contribution in [0.25, 0.3) is 0 Å². The molecule has 1 amide bonds. The molecule has 1 aromatic heterocycles. The van der Waals surface area contributed by atoms with Gasteiger partial charge in [0.25, 0.3) is 5.91 Å². The maximum absolute atomic E-state index is 12.0. The molecule has 98 valence electrons. The predicted octanol–water partition coefficient (Wildman–Crippen LogP) is 1.88. The van der Waals surface area contributed by atoms with Crippen molar-refractivity contribution in [3.05, 3.63) is 23.2 Å². The quantitative estimate of drug-likeness (QED) is 0.859. The number of carboxylic acids is 1. The van der Waals surface area contributed by atoms with Crippen LogP contribution in [0.1, 0.15) is 41.1 Å². The van der Waals surface area contributed by atoms with Crippen molar-refractivity contribution in [2.75, 3.05) is 0 Å². The van der Waals surface area contributed by atoms with Gasteiger partial charge >= 0.3 is 5.97 Å². The summed E-state index contributed by atoms with van der Waals surface area (Å²) in [6.45, 7) is 3.54. The van der Waals surface area contributed by atoms with E-state index in [4.69, 9.17) is 9.52 Å². The fraction of sp³-hybridized carbons (Fsp3) is 0.538. The zero-order valence-corrected chi connectivity index (χ0v) is 10.5. The van der Waals surface area contributed by atoms with Crippen LogP contribution in [0, 0.1) is 19.8 Å². The Kier molecular flexibility index (Phi) is 3.41. The summed E-state index contributed by atoms with van der Waals surface area (Å²) < 4.78 is 5.30. The van der Waals surface area contributed by atoms with E-state index in [2.05, 4.69) is 5.32 Å². The molecular formula is C13H17NO4. The molecule has 2 atom stereocenters. The summed E-state index contributed by atoms with van der Waals surface area (Å²) in [7, 11) is 0. The van der Waals surface area contributed by atoms with E-state index in [9.17, 15) is 9.59 Å². The SMILES string of the molecule is Cc1cc(C(=O)N[C@H]2CC[C@@H](C(=O)O)C2)c(C)o1. The highest BCUT2D eigenvalue weighted by Gasteiger charge is 2.31. The van der Waals surface area contributed by atoms with Gasteiger partial charge in [-0.05, 0) is 39.2 Å². The second kappa shape index (κ2) is 4.84. The van der Waals surface area contributed by atoms with E-state index in [1.54, 1.807) is 19.9 Å². The van der Waals surface area contributed by atoms with Crippen LogP contribution in [0.3, 0.4) is 0 Å². The van der Waals surface area contributed by atoms with E-state index in [-0.39, 0.29) is 17.9 Å². The summed E-state index contributed by atoms with van der Waals surface area (Å²) in [5.41, 5.74) is 0.534. The van der Waals surface area contributed by atoms with Crippen LogP contribution < -0.4 is 5.32 Å². The van der Waals surface area contributed by atoms with Crippen molar-refractivity contribution in [1.29, 1.82) is 0 Å². The monoisotopic (exact) mass is 251 g/mol. The normalized spacial score (nSPS) is 23.0. The zero-order valence-electron chi connectivity index (χ0n) is 10.5. The van der Waals surface area contributed by atoms with Crippen molar-refractivity contribution in [3.63, 3.8) is 0 Å². The Balaban J connectivity index is 1.97. The van der Waals surface area contributed by atoms with Gasteiger partial charge in [0.05, 0.1) is 11.5 Å². The third kappa shape index (κ3) is 2.55. The maximum atomic E-state index is 12.0. The van der Waals surface area contributed by atoms with Crippen molar-refractivity contribution in [2.24, 2.45) is 5.92 Å². The van der Waals surface area contributed by atoms with Crippen molar-refractivity contribution >= 4 is 11.9 Å². The average molecular weight is 251 g/mol. The number of aliphatic carboxylic acids is 1. The fourth-order valence-electron chi connectivity index (χ4n) is 2.46. The van der Waals surface area contributed by atoms with E-state index >= 15 is 0 Å². The first-order valence-corrected chi connectivity index (χ1v) is 6.08. The Morgan fingerprint density at radius 2 is 2.11 bits per heavy atom. The van der Waals surface area contributed by atoms with E-state index in [1.165, 1.54) is 0 Å². The van der Waals surface area contributed by atoms with Gasteiger partial charge in [0.1, 0.15) is 11.5 Å². The van der Waals surface area contributed by atoms with Crippen LogP contribution in [0.15, 0.2) is 10.5 Å². The van der Waals surface area contributed by atoms with Gasteiger partial charge in [0.15, 0.2) is 0 Å². The first kappa shape index (κ1) is 12.7. The number of nitrogens with one attached hydrogen (secondary N) is 1. The molecule has 0 spiro atoms. The molecule has 0 aromatic carbocycles. The number of carboxylic acid groups (broad SMARTS) is 1. The number of hydrogen-bond donors (Lipinski definition) is 2. The maximum Gasteiger partial charge on any atom is 0.306 e. The second-order valence-corrected chi connectivity index (χ2v) is 4.85. The Morgan fingerprint density at radius 3 is 2.61 bits per heavy atom. The summed E-state index contributed by atoms with van der Waals surface area (Å²) in [6.07, 6.45) is 1.86. The van der Waals surface area contributed by atoms with E-state index in [0.29, 0.717) is 29.9 Å². The third-order valence-electron chi connectivity index (χ3n) is 3.40. The largest absolute Gasteiger partial charge is 0.481 e. The molecule has 0 saturated heterocycles. The molecule has 0 unspecified atom stereocenters. The molecular weight excluding hydrogens is 234 g/mol. The summed E-state index contributed by atoms with van der Waals surface area (Å²) >= 11 is 0. The number of carbonyl (C=O) groups is 2. The molecule has 1 aliphatic rings. The fourth-order valence-corrected chi connectivity index (χ4v) is 2.46. The predicted molar refractivity (Wildman–Crippen MR) is 64.4 cm³/mol. The van der Waals surface area contributed by atoms with Crippen LogP contribution in [-0.4, -0.2) is 23.0 Å². The van der Waals surface area contributed by atoms with Crippen molar-refractivity contribution in [2.45, 2.75) is 39.2 Å². The molecule has 0 aliphatic heterocycles. The Hall–Kier alpha value is -1.78. The minimum absolute atomic E-state index is 0.0480. The average Bonchev–Trinajstić information content (AvgIpc) is 2.85. The Labute approximate surface area is 105 Å². The molecule has 0 radical (unpaired) electrons. The summed E-state index contributed by atoms with van der Waals surface area (Å²) in [5, 5.41) is 11.8. The van der Waals surface area contributed by atoms with Gasteiger partial charge in [0.2, 0.25) is 0 Å². The van der Waals surface area contributed by atoms with Gasteiger partial charge in [-0.3, -0.25) is 9.59 Å². The van der Waals surface area contributed by atoms with Gasteiger partial charge in [-0.1, -0.05) is 0 Å². The zero-order chi connectivity index (χ0) is 13.3. The molecule has 1 aliphatic carbocycles. The van der Waals surface area contributed by atoms with Crippen molar-refractivity contribution in [1.82, 2.24) is 5.32 Å². The first-order chi connectivity index (χ1) is 8.47. The lowest BCUT2D eigenvalue weighted by molar-refractivity contribution is -0.141. The number of carbonyl (C=O) groups excluding carboxylic acids is 1. The highest BCUT2D eigenvalue weighted by molar-refractivity contribution is 5.95. The molecule has 2 rings (SSSR count). The molecule has 1 aromatic rings. The lowest BCUT2D eigenvalue weighted by Gasteiger charge is -2.11. The second-order valence-electron chi connectivity index (χ2n) is 4.85. The van der Waals surface area contributed by atoms with Crippen LogP contribution in [0.5, 0.6) is 0 Å². The smallest absolute Gasteiger partial charge is 0.306 e. The highest BCUT2D eigenvalue weighted by Crippen LogP contribution is 2.26. The van der Waals surface area contributed by atoms with Crippen LogP contribution in [0.2, 0.25) is 0 Å². The molecule has 2 N–H and O–H groups in total. The summed E-state index contributed by atoms with van der Waals surface area (Å²) in [4.78, 5) is 22.8. The minimum atomic E-state index is -0.776. The van der Waals surface area contributed by atoms with Gasteiger partial charge in [0, 0.05) is 6.04 Å². The molecule has 1 fully saturated rings.